The van der Waals surface area contributed by atoms with Crippen molar-refractivity contribution in [1.82, 2.24) is 5.32 Å². The number of Topliss-reactive ketones (excluding diaryl/α,β-unsaturated/α-hetero) is 1. The molecular weight excluding hydrogens is 348 g/mol. The van der Waals surface area contributed by atoms with E-state index in [0.29, 0.717) is 29.6 Å². The summed E-state index contributed by atoms with van der Waals surface area (Å²) in [4.78, 5) is 18.3. The maximum absolute atomic E-state index is 12.6. The van der Waals surface area contributed by atoms with Gasteiger partial charge in [0.25, 0.3) is 0 Å². The first-order valence-electron chi connectivity index (χ1n) is 11.8. The first-order chi connectivity index (χ1) is 13.5. The van der Waals surface area contributed by atoms with E-state index in [0.717, 1.165) is 50.0 Å². The highest BCUT2D eigenvalue weighted by Gasteiger charge is 2.61. The number of carbonyl (C=O) groups excluding carboxylic acids is 1. The number of likely N-dealkylation sites (N-methyl/N-ethyl adjacent to an activating group) is 1. The zero-order valence-corrected chi connectivity index (χ0v) is 18.4. The summed E-state index contributed by atoms with van der Waals surface area (Å²) in [6.07, 6.45) is 10.5. The number of oxime groups is 1. The number of hydrogen-bond acceptors (Lipinski definition) is 4. The molecule has 4 fully saturated rings. The van der Waals surface area contributed by atoms with Gasteiger partial charge in [0.15, 0.2) is 0 Å². The van der Waals surface area contributed by atoms with Crippen molar-refractivity contribution in [3.8, 4) is 0 Å². The normalized spacial score (nSPS) is 46.8. The summed E-state index contributed by atoms with van der Waals surface area (Å²) in [5.41, 5.74) is 1.73. The molecule has 0 bridgehead atoms. The number of hydrogen-bond donors (Lipinski definition) is 1. The van der Waals surface area contributed by atoms with E-state index in [1.807, 2.05) is 7.05 Å². The van der Waals surface area contributed by atoms with Crippen molar-refractivity contribution >= 4 is 11.5 Å². The highest BCUT2D eigenvalue weighted by molar-refractivity contribution is 5.88. The third kappa shape index (κ3) is 3.05. The molecule has 4 rings (SSSR count). The van der Waals surface area contributed by atoms with E-state index in [9.17, 15) is 4.79 Å². The van der Waals surface area contributed by atoms with Crippen LogP contribution in [0.3, 0.4) is 0 Å². The van der Waals surface area contributed by atoms with Crippen LogP contribution in [0.5, 0.6) is 0 Å². The van der Waals surface area contributed by atoms with Gasteiger partial charge in [-0.15, -0.1) is 0 Å². The molecule has 0 aromatic heterocycles. The third-order valence-corrected chi connectivity index (χ3v) is 9.55. The Morgan fingerprint density at radius 3 is 2.64 bits per heavy atom. The fourth-order valence-electron chi connectivity index (χ4n) is 8.01. The fraction of sp³-hybridized carbons (Fsp3) is 0.917. The van der Waals surface area contributed by atoms with Gasteiger partial charge in [-0.05, 0) is 87.5 Å². The van der Waals surface area contributed by atoms with Crippen LogP contribution in [0.1, 0.15) is 78.6 Å². The molecule has 4 heteroatoms. The lowest BCUT2D eigenvalue weighted by Crippen LogP contribution is -2.56. The lowest BCUT2D eigenvalue weighted by atomic mass is 9.43. The molecule has 158 valence electrons. The van der Waals surface area contributed by atoms with Gasteiger partial charge in [0.1, 0.15) is 12.4 Å². The van der Waals surface area contributed by atoms with Crippen molar-refractivity contribution in [2.24, 2.45) is 45.6 Å². The molecule has 0 aromatic carbocycles. The highest BCUT2D eigenvalue weighted by Crippen LogP contribution is 2.66. The van der Waals surface area contributed by atoms with Crippen molar-refractivity contribution in [2.75, 3.05) is 20.2 Å². The van der Waals surface area contributed by atoms with E-state index in [2.05, 4.69) is 31.2 Å². The Bertz CT molecular complexity index is 632. The number of nitrogens with zero attached hydrogens (tertiary/aromatic N) is 1. The molecule has 0 saturated heterocycles. The molecule has 1 unspecified atom stereocenters. The average Bonchev–Trinajstić information content (AvgIpc) is 3.00. The Morgan fingerprint density at radius 2 is 1.89 bits per heavy atom. The standard InChI is InChI=1S/C24H40N2O2/c1-5-16-18-7-6-17-19-8-9-22(27)24(19,3)12-10-20(17)23(18,2)13-11-21(16)26-28-15-14-25-4/h16-20,25H,5-15H2,1-4H3/b26-21+/t16-,17-,18?,19-,20-,23-,24-/m0/s1. The van der Waals surface area contributed by atoms with Crippen molar-refractivity contribution in [1.29, 1.82) is 0 Å². The predicted molar refractivity (Wildman–Crippen MR) is 113 cm³/mol. The summed E-state index contributed by atoms with van der Waals surface area (Å²) in [5, 5.41) is 7.72. The van der Waals surface area contributed by atoms with Crippen LogP contribution in [0.25, 0.3) is 0 Å². The van der Waals surface area contributed by atoms with Crippen LogP contribution < -0.4 is 5.32 Å². The largest absolute Gasteiger partial charge is 0.394 e. The summed E-state index contributed by atoms with van der Waals surface area (Å²) in [6, 6.07) is 0. The van der Waals surface area contributed by atoms with Crippen molar-refractivity contribution in [3.63, 3.8) is 0 Å². The molecule has 1 N–H and O–H groups in total. The maximum atomic E-state index is 12.6. The van der Waals surface area contributed by atoms with Crippen LogP contribution in [0.2, 0.25) is 0 Å². The second-order valence-corrected chi connectivity index (χ2v) is 10.5. The summed E-state index contributed by atoms with van der Waals surface area (Å²) in [7, 11) is 1.95. The zero-order valence-electron chi connectivity index (χ0n) is 18.4. The summed E-state index contributed by atoms with van der Waals surface area (Å²) < 4.78 is 0. The van der Waals surface area contributed by atoms with E-state index < -0.39 is 0 Å². The molecule has 0 radical (unpaired) electrons. The van der Waals surface area contributed by atoms with Gasteiger partial charge < -0.3 is 10.2 Å². The molecule has 4 aliphatic rings. The summed E-state index contributed by atoms with van der Waals surface area (Å²) in [6.45, 7) is 8.71. The predicted octanol–water partition coefficient (Wildman–Crippen LogP) is 4.83. The first-order valence-corrected chi connectivity index (χ1v) is 11.8. The van der Waals surface area contributed by atoms with Gasteiger partial charge >= 0.3 is 0 Å². The molecule has 0 amide bonds. The minimum Gasteiger partial charge on any atom is -0.394 e. The van der Waals surface area contributed by atoms with Crippen LogP contribution in [0.15, 0.2) is 5.16 Å². The smallest absolute Gasteiger partial charge is 0.139 e. The molecule has 0 heterocycles. The second kappa shape index (κ2) is 7.74. The van der Waals surface area contributed by atoms with Crippen LogP contribution >= 0.6 is 0 Å². The molecule has 4 nitrogen and oxygen atoms in total. The Morgan fingerprint density at radius 1 is 1.07 bits per heavy atom. The van der Waals surface area contributed by atoms with Crippen molar-refractivity contribution in [2.45, 2.75) is 78.6 Å². The Hall–Kier alpha value is -0.900. The number of rotatable bonds is 5. The van der Waals surface area contributed by atoms with Gasteiger partial charge in [0.05, 0.1) is 5.71 Å². The quantitative estimate of drug-likeness (QED) is 0.542. The van der Waals surface area contributed by atoms with Gasteiger partial charge in [-0.1, -0.05) is 25.9 Å². The molecule has 7 atom stereocenters. The van der Waals surface area contributed by atoms with E-state index in [-0.39, 0.29) is 5.41 Å². The maximum Gasteiger partial charge on any atom is 0.139 e. The second-order valence-electron chi connectivity index (χ2n) is 10.5. The molecule has 0 spiro atoms. The topological polar surface area (TPSA) is 50.7 Å². The first kappa shape index (κ1) is 20.4. The monoisotopic (exact) mass is 388 g/mol. The fourth-order valence-corrected chi connectivity index (χ4v) is 8.01. The number of fused-ring (bicyclic) bond motifs is 5. The number of carbonyl (C=O) groups is 1. The number of ketones is 1. The van der Waals surface area contributed by atoms with Crippen LogP contribution in [0.4, 0.5) is 0 Å². The Labute approximate surface area is 171 Å². The lowest BCUT2D eigenvalue weighted by molar-refractivity contribution is -0.138. The zero-order chi connectivity index (χ0) is 19.9. The molecule has 4 saturated carbocycles. The summed E-state index contributed by atoms with van der Waals surface area (Å²) in [5.74, 6) is 4.10. The molecule has 28 heavy (non-hydrogen) atoms. The molecule has 0 aromatic rings. The van der Waals surface area contributed by atoms with Gasteiger partial charge in [-0.25, -0.2) is 0 Å². The van der Waals surface area contributed by atoms with Crippen LogP contribution in [-0.2, 0) is 9.63 Å². The van der Waals surface area contributed by atoms with Crippen LogP contribution in [0, 0.1) is 40.4 Å². The van der Waals surface area contributed by atoms with E-state index in [1.54, 1.807) is 0 Å². The van der Waals surface area contributed by atoms with Gasteiger partial charge in [-0.3, -0.25) is 4.79 Å². The van der Waals surface area contributed by atoms with E-state index >= 15 is 0 Å². The lowest BCUT2D eigenvalue weighted by Gasteiger charge is -2.61. The minimum atomic E-state index is -0.00302. The average molecular weight is 389 g/mol. The number of nitrogens with one attached hydrogen (secondary N) is 1. The molecular formula is C24H40N2O2. The highest BCUT2D eigenvalue weighted by atomic mass is 16.6. The molecule has 0 aliphatic heterocycles. The van der Waals surface area contributed by atoms with Gasteiger partial charge in [0, 0.05) is 24.3 Å². The van der Waals surface area contributed by atoms with Gasteiger partial charge in [-0.2, -0.15) is 0 Å². The van der Waals surface area contributed by atoms with Gasteiger partial charge in [0.2, 0.25) is 0 Å². The Balaban J connectivity index is 1.54. The van der Waals surface area contributed by atoms with Crippen molar-refractivity contribution in [3.05, 3.63) is 0 Å². The SMILES string of the molecule is CC[C@@H]1/C(=N/OCCNC)CC[C@@]2(C)C1CC[C@@H]1[C@@H]2CC[C@]2(C)C(=O)CC[C@@H]12. The van der Waals surface area contributed by atoms with E-state index in [1.165, 1.54) is 37.8 Å². The summed E-state index contributed by atoms with van der Waals surface area (Å²) >= 11 is 0. The van der Waals surface area contributed by atoms with E-state index in [4.69, 9.17) is 4.84 Å². The van der Waals surface area contributed by atoms with Crippen molar-refractivity contribution < 1.29 is 9.63 Å². The third-order valence-electron chi connectivity index (χ3n) is 9.55. The molecule has 4 aliphatic carbocycles. The van der Waals surface area contributed by atoms with Crippen LogP contribution in [-0.4, -0.2) is 31.7 Å². The Kier molecular flexibility index (Phi) is 5.63. The minimum absolute atomic E-state index is 0.00302.